The lowest BCUT2D eigenvalue weighted by Crippen LogP contribution is -2.12. The van der Waals surface area contributed by atoms with Gasteiger partial charge in [0, 0.05) is 40.9 Å². The Hall–Kier alpha value is -5.56. The van der Waals surface area contributed by atoms with Crippen molar-refractivity contribution in [3.8, 4) is 45.6 Å². The molecule has 0 radical (unpaired) electrons. The lowest BCUT2D eigenvalue weighted by molar-refractivity contribution is 0.322. The van der Waals surface area contributed by atoms with E-state index in [2.05, 4.69) is 94.6 Å². The molecule has 0 N–H and O–H groups in total. The van der Waals surface area contributed by atoms with Crippen LogP contribution in [-0.2, 0) is 5.41 Å². The van der Waals surface area contributed by atoms with Gasteiger partial charge in [-0.15, -0.1) is 0 Å². The molecule has 254 valence electrons. The molecule has 0 saturated heterocycles. The number of benzene rings is 4. The lowest BCUT2D eigenvalue weighted by Gasteiger charge is -2.21. The molecule has 3 aromatic heterocycles. The molecule has 0 aliphatic carbocycles. The van der Waals surface area contributed by atoms with E-state index in [9.17, 15) is 0 Å². The average molecular weight is 665 g/mol. The third kappa shape index (κ3) is 5.87. The summed E-state index contributed by atoms with van der Waals surface area (Å²) in [4.78, 5) is 4.82. The highest BCUT2D eigenvalue weighted by atomic mass is 16.5. The molecule has 0 aliphatic rings. The van der Waals surface area contributed by atoms with Gasteiger partial charge in [0.25, 0.3) is 0 Å². The quantitative estimate of drug-likeness (QED) is 0.154. The maximum Gasteiger partial charge on any atom is 0.137 e. The minimum absolute atomic E-state index is 0.000247. The molecule has 50 heavy (non-hydrogen) atoms. The van der Waals surface area contributed by atoms with Crippen molar-refractivity contribution in [2.45, 2.75) is 60.8 Å². The minimum atomic E-state index is 0.000247. The van der Waals surface area contributed by atoms with E-state index in [4.69, 9.17) is 24.3 Å². The molecule has 7 heteroatoms. The summed E-state index contributed by atoms with van der Waals surface area (Å²) < 4.78 is 23.1. The summed E-state index contributed by atoms with van der Waals surface area (Å²) in [7, 11) is 0. The van der Waals surface area contributed by atoms with Gasteiger partial charge in [-0.3, -0.25) is 4.57 Å². The van der Waals surface area contributed by atoms with Gasteiger partial charge in [0.05, 0.1) is 41.7 Å². The normalized spacial score (nSPS) is 11.8. The van der Waals surface area contributed by atoms with E-state index in [1.807, 2.05) is 67.5 Å². The van der Waals surface area contributed by atoms with Crippen LogP contribution in [0.3, 0.4) is 0 Å². The Balaban J connectivity index is 1.26. The van der Waals surface area contributed by atoms with Gasteiger partial charge in [0.2, 0.25) is 0 Å². The van der Waals surface area contributed by atoms with Crippen molar-refractivity contribution in [2.75, 3.05) is 13.2 Å². The van der Waals surface area contributed by atoms with E-state index in [1.54, 1.807) is 0 Å². The summed E-state index contributed by atoms with van der Waals surface area (Å²) in [5.74, 6) is 4.01. The Morgan fingerprint density at radius 2 is 1.40 bits per heavy atom. The molecule has 0 unspecified atom stereocenters. The predicted octanol–water partition coefficient (Wildman–Crippen LogP) is 10.8. The van der Waals surface area contributed by atoms with Crippen LogP contribution in [0.25, 0.3) is 44.4 Å². The van der Waals surface area contributed by atoms with Crippen molar-refractivity contribution in [1.82, 2.24) is 19.3 Å². The smallest absolute Gasteiger partial charge is 0.137 e. The molecule has 7 aromatic rings. The van der Waals surface area contributed by atoms with E-state index in [0.717, 1.165) is 67.4 Å². The number of nitrogens with zero attached hydrogens (tertiary/aromatic N) is 4. The van der Waals surface area contributed by atoms with E-state index in [-0.39, 0.29) is 5.41 Å². The second kappa shape index (κ2) is 13.0. The fourth-order valence-electron chi connectivity index (χ4n) is 6.70. The predicted molar refractivity (Wildman–Crippen MR) is 203 cm³/mol. The van der Waals surface area contributed by atoms with Gasteiger partial charge >= 0.3 is 0 Å². The molecule has 4 aromatic carbocycles. The van der Waals surface area contributed by atoms with Gasteiger partial charge in [0.15, 0.2) is 0 Å². The first-order valence-corrected chi connectivity index (χ1v) is 17.3. The van der Waals surface area contributed by atoms with Crippen LogP contribution < -0.4 is 14.2 Å². The van der Waals surface area contributed by atoms with Gasteiger partial charge in [-0.2, -0.15) is 5.10 Å². The number of ether oxygens (including phenoxy) is 3. The summed E-state index contributed by atoms with van der Waals surface area (Å²) in [6.07, 6.45) is 5.80. The van der Waals surface area contributed by atoms with E-state index in [0.29, 0.717) is 19.0 Å². The average Bonchev–Trinajstić information content (AvgIpc) is 3.72. The zero-order chi connectivity index (χ0) is 35.2. The van der Waals surface area contributed by atoms with Crippen LogP contribution in [0.1, 0.15) is 56.9 Å². The van der Waals surface area contributed by atoms with Crippen molar-refractivity contribution in [3.05, 3.63) is 120 Å². The third-order valence-corrected chi connectivity index (χ3v) is 9.51. The molecule has 0 spiro atoms. The van der Waals surface area contributed by atoms with E-state index in [1.165, 1.54) is 16.5 Å². The highest BCUT2D eigenvalue weighted by Gasteiger charge is 2.23. The third-order valence-electron chi connectivity index (χ3n) is 9.51. The summed E-state index contributed by atoms with van der Waals surface area (Å²) in [6.45, 7) is 18.1. The first-order valence-electron chi connectivity index (χ1n) is 17.3. The standard InChI is InChI=1S/C43H44N4O3/c1-9-48-41-28(4)27(3)29(5)42(49-10-2)40(41)30-25-45-46(26-30)32-14-13-15-33(23-32)50-34-18-19-36-35-16-11-12-17-37(35)47(38(36)24-34)39-22-31(20-21-44-39)43(6,7)8/h11-26H,9-10H2,1-8H3. The van der Waals surface area contributed by atoms with Crippen LogP contribution in [0, 0.1) is 20.8 Å². The van der Waals surface area contributed by atoms with Gasteiger partial charge < -0.3 is 14.2 Å². The lowest BCUT2D eigenvalue weighted by atomic mass is 9.88. The molecular formula is C43H44N4O3. The molecule has 0 saturated carbocycles. The number of rotatable bonds is 9. The summed E-state index contributed by atoms with van der Waals surface area (Å²) in [6, 6.07) is 27.0. The van der Waals surface area contributed by atoms with E-state index < -0.39 is 0 Å². The fourth-order valence-corrected chi connectivity index (χ4v) is 6.70. The first kappa shape index (κ1) is 33.0. The van der Waals surface area contributed by atoms with Crippen molar-refractivity contribution in [1.29, 1.82) is 0 Å². The molecule has 0 fully saturated rings. The first-order chi connectivity index (χ1) is 24.1. The topological polar surface area (TPSA) is 63.3 Å². The van der Waals surface area contributed by atoms with Crippen LogP contribution in [0.4, 0.5) is 0 Å². The minimum Gasteiger partial charge on any atom is -0.493 e. The SMILES string of the molecule is CCOc1c(C)c(C)c(C)c(OCC)c1-c1cnn(-c2cccc(Oc3ccc4c5ccccc5n(-c5cc(C(C)(C)C)ccn5)c4c3)c2)c1. The Labute approximate surface area is 294 Å². The number of fused-ring (bicyclic) bond motifs is 3. The van der Waals surface area contributed by atoms with E-state index >= 15 is 0 Å². The van der Waals surface area contributed by atoms with Crippen molar-refractivity contribution in [3.63, 3.8) is 0 Å². The Kier molecular flexibility index (Phi) is 8.60. The number of hydrogen-bond donors (Lipinski definition) is 0. The van der Waals surface area contributed by atoms with Crippen LogP contribution in [0.2, 0.25) is 0 Å². The van der Waals surface area contributed by atoms with Crippen LogP contribution in [0.15, 0.2) is 97.5 Å². The van der Waals surface area contributed by atoms with Gasteiger partial charge in [-0.05, 0) is 105 Å². The summed E-state index contributed by atoms with van der Waals surface area (Å²) in [5.41, 5.74) is 9.50. The molecule has 0 aliphatic heterocycles. The van der Waals surface area contributed by atoms with Gasteiger partial charge in [-0.1, -0.05) is 45.0 Å². The maximum atomic E-state index is 6.54. The van der Waals surface area contributed by atoms with Crippen molar-refractivity contribution >= 4 is 21.8 Å². The Bertz CT molecular complexity index is 2330. The zero-order valence-electron chi connectivity index (χ0n) is 30.2. The number of para-hydroxylation sites is 1. The summed E-state index contributed by atoms with van der Waals surface area (Å²) in [5, 5.41) is 7.09. The number of hydrogen-bond acceptors (Lipinski definition) is 5. The molecule has 3 heterocycles. The second-order valence-corrected chi connectivity index (χ2v) is 13.7. The van der Waals surface area contributed by atoms with Gasteiger partial charge in [-0.25, -0.2) is 9.67 Å². The molecule has 0 amide bonds. The van der Waals surface area contributed by atoms with Crippen molar-refractivity contribution < 1.29 is 14.2 Å². The highest BCUT2D eigenvalue weighted by Crippen LogP contribution is 2.45. The summed E-state index contributed by atoms with van der Waals surface area (Å²) >= 11 is 0. The largest absolute Gasteiger partial charge is 0.493 e. The van der Waals surface area contributed by atoms with Crippen LogP contribution in [0.5, 0.6) is 23.0 Å². The molecule has 0 atom stereocenters. The van der Waals surface area contributed by atoms with Crippen LogP contribution in [-0.4, -0.2) is 32.5 Å². The fraction of sp³-hybridized carbons (Fsp3) is 0.256. The van der Waals surface area contributed by atoms with Gasteiger partial charge in [0.1, 0.15) is 28.8 Å². The maximum absolute atomic E-state index is 6.54. The number of pyridine rings is 1. The van der Waals surface area contributed by atoms with Crippen LogP contribution >= 0.6 is 0 Å². The molecule has 7 rings (SSSR count). The monoisotopic (exact) mass is 664 g/mol. The zero-order valence-corrected chi connectivity index (χ0v) is 30.2. The molecule has 0 bridgehead atoms. The van der Waals surface area contributed by atoms with Crippen molar-refractivity contribution in [2.24, 2.45) is 0 Å². The second-order valence-electron chi connectivity index (χ2n) is 13.7. The number of aromatic nitrogens is 4. The highest BCUT2D eigenvalue weighted by molar-refractivity contribution is 6.09. The molecular weight excluding hydrogens is 620 g/mol. The Morgan fingerprint density at radius 3 is 2.12 bits per heavy atom. The molecule has 7 nitrogen and oxygen atoms in total. The Morgan fingerprint density at radius 1 is 0.700 bits per heavy atom.